The van der Waals surface area contributed by atoms with Gasteiger partial charge < -0.3 is 9.80 Å². The molecular formula is C24H24N6. The summed E-state index contributed by atoms with van der Waals surface area (Å²) in [5.74, 6) is 1.77. The fourth-order valence-electron chi connectivity index (χ4n) is 4.00. The molecule has 6 nitrogen and oxygen atoms in total. The normalized spacial score (nSPS) is 14.3. The van der Waals surface area contributed by atoms with E-state index < -0.39 is 0 Å². The van der Waals surface area contributed by atoms with Gasteiger partial charge in [-0.25, -0.2) is 9.97 Å². The third-order valence-corrected chi connectivity index (χ3v) is 5.60. The fraction of sp³-hybridized carbons (Fsp3) is 0.250. The molecular weight excluding hydrogens is 372 g/mol. The first kappa shape index (κ1) is 18.5. The van der Waals surface area contributed by atoms with Crippen LogP contribution in [0.15, 0.2) is 66.9 Å². The zero-order chi connectivity index (χ0) is 20.3. The lowest BCUT2D eigenvalue weighted by Gasteiger charge is -2.35. The molecule has 0 bridgehead atoms. The van der Waals surface area contributed by atoms with Gasteiger partial charge in [0.2, 0.25) is 5.95 Å². The Kier molecular flexibility index (Phi) is 4.97. The highest BCUT2D eigenvalue weighted by molar-refractivity contribution is 5.93. The van der Waals surface area contributed by atoms with E-state index in [0.29, 0.717) is 0 Å². The number of fused-ring (bicyclic) bond motifs is 1. The van der Waals surface area contributed by atoms with Crippen LogP contribution in [0, 0.1) is 6.92 Å². The highest BCUT2D eigenvalue weighted by Gasteiger charge is 2.22. The second kappa shape index (κ2) is 8.06. The van der Waals surface area contributed by atoms with Crippen LogP contribution in [-0.4, -0.2) is 46.3 Å². The molecule has 4 aromatic rings. The van der Waals surface area contributed by atoms with E-state index in [1.54, 1.807) is 0 Å². The second-order valence-electron chi connectivity index (χ2n) is 7.65. The first-order valence-electron chi connectivity index (χ1n) is 10.4. The molecule has 0 amide bonds. The van der Waals surface area contributed by atoms with Gasteiger partial charge in [-0.3, -0.25) is 0 Å². The first-order valence-corrected chi connectivity index (χ1v) is 10.4. The van der Waals surface area contributed by atoms with Crippen LogP contribution < -0.4 is 9.80 Å². The van der Waals surface area contributed by atoms with E-state index in [1.807, 2.05) is 25.3 Å². The Morgan fingerprint density at radius 3 is 2.23 bits per heavy atom. The van der Waals surface area contributed by atoms with E-state index in [-0.39, 0.29) is 0 Å². The Labute approximate surface area is 176 Å². The fourth-order valence-corrected chi connectivity index (χ4v) is 4.00. The predicted octanol–water partition coefficient (Wildman–Crippen LogP) is 3.65. The van der Waals surface area contributed by atoms with Gasteiger partial charge in [-0.15, -0.1) is 5.10 Å². The topological polar surface area (TPSA) is 58.0 Å². The Morgan fingerprint density at radius 2 is 1.47 bits per heavy atom. The molecule has 0 atom stereocenters. The van der Waals surface area contributed by atoms with Crippen LogP contribution >= 0.6 is 0 Å². The average molecular weight is 396 g/mol. The summed E-state index contributed by atoms with van der Waals surface area (Å²) in [5, 5.41) is 11.6. The van der Waals surface area contributed by atoms with Gasteiger partial charge in [0.1, 0.15) is 0 Å². The van der Waals surface area contributed by atoms with E-state index in [0.717, 1.165) is 55.8 Å². The Balaban J connectivity index is 1.40. The minimum absolute atomic E-state index is 0.785. The molecule has 0 unspecified atom stereocenters. The lowest BCUT2D eigenvalue weighted by molar-refractivity contribution is 0.632. The lowest BCUT2D eigenvalue weighted by atomic mass is 10.0. The lowest BCUT2D eigenvalue weighted by Crippen LogP contribution is -2.47. The number of aromatic nitrogens is 4. The number of hydrogen-bond acceptors (Lipinski definition) is 6. The molecule has 1 fully saturated rings. The molecule has 3 heterocycles. The quantitative estimate of drug-likeness (QED) is 0.525. The third kappa shape index (κ3) is 3.68. The molecule has 30 heavy (non-hydrogen) atoms. The molecule has 1 aliphatic rings. The molecule has 0 radical (unpaired) electrons. The van der Waals surface area contributed by atoms with Crippen LogP contribution in [0.3, 0.4) is 0 Å². The molecule has 0 N–H and O–H groups in total. The molecule has 150 valence electrons. The summed E-state index contributed by atoms with van der Waals surface area (Å²) >= 11 is 0. The SMILES string of the molecule is Cc1ccnc(N2CCN(c3nnc(Cc4ccccc4)c4ccccc34)CC2)n1. The maximum atomic E-state index is 4.66. The van der Waals surface area contributed by atoms with Gasteiger partial charge in [-0.05, 0) is 18.6 Å². The molecule has 0 saturated carbocycles. The number of anilines is 2. The molecule has 0 spiro atoms. The molecule has 0 aliphatic carbocycles. The largest absolute Gasteiger partial charge is 0.351 e. The van der Waals surface area contributed by atoms with Gasteiger partial charge in [0.15, 0.2) is 5.82 Å². The summed E-state index contributed by atoms with van der Waals surface area (Å²) in [7, 11) is 0. The monoisotopic (exact) mass is 396 g/mol. The predicted molar refractivity (Wildman–Crippen MR) is 120 cm³/mol. The van der Waals surface area contributed by atoms with Crippen molar-refractivity contribution in [3.8, 4) is 0 Å². The van der Waals surface area contributed by atoms with Crippen molar-refractivity contribution in [2.24, 2.45) is 0 Å². The Bertz CT molecular complexity index is 1150. The van der Waals surface area contributed by atoms with Crippen LogP contribution in [0.25, 0.3) is 10.8 Å². The molecule has 2 aromatic carbocycles. The number of aryl methyl sites for hydroxylation is 1. The Hall–Kier alpha value is -3.54. The van der Waals surface area contributed by atoms with Crippen molar-refractivity contribution in [1.82, 2.24) is 20.2 Å². The van der Waals surface area contributed by atoms with Gasteiger partial charge >= 0.3 is 0 Å². The van der Waals surface area contributed by atoms with Gasteiger partial charge in [0.05, 0.1) is 5.69 Å². The van der Waals surface area contributed by atoms with Crippen molar-refractivity contribution in [2.45, 2.75) is 13.3 Å². The van der Waals surface area contributed by atoms with Gasteiger partial charge in [0.25, 0.3) is 0 Å². The van der Waals surface area contributed by atoms with Crippen LogP contribution in [0.4, 0.5) is 11.8 Å². The van der Waals surface area contributed by atoms with Crippen LogP contribution in [0.5, 0.6) is 0 Å². The van der Waals surface area contributed by atoms with Crippen LogP contribution in [0.1, 0.15) is 17.0 Å². The zero-order valence-electron chi connectivity index (χ0n) is 17.1. The van der Waals surface area contributed by atoms with Gasteiger partial charge in [-0.1, -0.05) is 54.6 Å². The number of piperazine rings is 1. The number of nitrogens with zero attached hydrogens (tertiary/aromatic N) is 6. The van der Waals surface area contributed by atoms with Crippen molar-refractivity contribution in [2.75, 3.05) is 36.0 Å². The highest BCUT2D eigenvalue weighted by Crippen LogP contribution is 2.28. The zero-order valence-corrected chi connectivity index (χ0v) is 17.1. The van der Waals surface area contributed by atoms with Crippen LogP contribution in [-0.2, 0) is 6.42 Å². The van der Waals surface area contributed by atoms with Crippen molar-refractivity contribution in [3.63, 3.8) is 0 Å². The average Bonchev–Trinajstić information content (AvgIpc) is 2.80. The summed E-state index contributed by atoms with van der Waals surface area (Å²) < 4.78 is 0. The van der Waals surface area contributed by atoms with Crippen LogP contribution in [0.2, 0.25) is 0 Å². The van der Waals surface area contributed by atoms with Crippen molar-refractivity contribution in [1.29, 1.82) is 0 Å². The molecule has 5 rings (SSSR count). The maximum absolute atomic E-state index is 4.66. The minimum Gasteiger partial charge on any atom is -0.351 e. The number of rotatable bonds is 4. The van der Waals surface area contributed by atoms with E-state index in [1.165, 1.54) is 16.3 Å². The highest BCUT2D eigenvalue weighted by atomic mass is 15.3. The third-order valence-electron chi connectivity index (χ3n) is 5.60. The van der Waals surface area contributed by atoms with E-state index in [9.17, 15) is 0 Å². The summed E-state index contributed by atoms with van der Waals surface area (Å²) in [6.07, 6.45) is 2.61. The number of benzene rings is 2. The minimum atomic E-state index is 0.785. The standard InChI is InChI=1S/C24H24N6/c1-18-11-12-25-24(26-18)30-15-13-29(14-16-30)23-21-10-6-5-9-20(21)22(27-28-23)17-19-7-3-2-4-8-19/h2-12H,13-17H2,1H3. The van der Waals surface area contributed by atoms with Crippen molar-refractivity contribution >= 4 is 22.5 Å². The maximum Gasteiger partial charge on any atom is 0.225 e. The molecule has 1 saturated heterocycles. The first-order chi connectivity index (χ1) is 14.8. The van der Waals surface area contributed by atoms with Crippen molar-refractivity contribution in [3.05, 3.63) is 83.8 Å². The summed E-state index contributed by atoms with van der Waals surface area (Å²) in [4.78, 5) is 13.6. The summed E-state index contributed by atoms with van der Waals surface area (Å²) in [6, 6.07) is 20.8. The smallest absolute Gasteiger partial charge is 0.225 e. The van der Waals surface area contributed by atoms with E-state index >= 15 is 0 Å². The van der Waals surface area contributed by atoms with Gasteiger partial charge in [0, 0.05) is 55.3 Å². The molecule has 1 aliphatic heterocycles. The van der Waals surface area contributed by atoms with E-state index in [2.05, 4.69) is 78.5 Å². The summed E-state index contributed by atoms with van der Waals surface area (Å²) in [6.45, 7) is 5.47. The second-order valence-corrected chi connectivity index (χ2v) is 7.65. The van der Waals surface area contributed by atoms with Crippen molar-refractivity contribution < 1.29 is 0 Å². The van der Waals surface area contributed by atoms with E-state index in [4.69, 9.17) is 0 Å². The Morgan fingerprint density at radius 1 is 0.767 bits per heavy atom. The number of hydrogen-bond donors (Lipinski definition) is 0. The molecule has 2 aromatic heterocycles. The summed E-state index contributed by atoms with van der Waals surface area (Å²) in [5.41, 5.74) is 3.26. The van der Waals surface area contributed by atoms with Gasteiger partial charge in [-0.2, -0.15) is 5.10 Å². The molecule has 6 heteroatoms.